The van der Waals surface area contributed by atoms with Crippen LogP contribution in [0.3, 0.4) is 0 Å². The summed E-state index contributed by atoms with van der Waals surface area (Å²) < 4.78 is 5.24. The lowest BCUT2D eigenvalue weighted by Gasteiger charge is -2.34. The zero-order chi connectivity index (χ0) is 21.1. The van der Waals surface area contributed by atoms with Crippen LogP contribution in [0.2, 0.25) is 0 Å². The van der Waals surface area contributed by atoms with Crippen LogP contribution >= 0.6 is 0 Å². The quantitative estimate of drug-likeness (QED) is 0.713. The molecule has 0 spiro atoms. The van der Waals surface area contributed by atoms with Crippen LogP contribution in [0.4, 0.5) is 11.4 Å². The van der Waals surface area contributed by atoms with Gasteiger partial charge in [0.15, 0.2) is 0 Å². The van der Waals surface area contributed by atoms with Crippen molar-refractivity contribution < 1.29 is 9.21 Å². The van der Waals surface area contributed by atoms with Gasteiger partial charge in [-0.1, -0.05) is 24.3 Å². The molecule has 0 unspecified atom stereocenters. The van der Waals surface area contributed by atoms with E-state index < -0.39 is 5.91 Å². The molecule has 152 valence electrons. The van der Waals surface area contributed by atoms with Gasteiger partial charge in [0, 0.05) is 43.1 Å². The predicted molar refractivity (Wildman–Crippen MR) is 118 cm³/mol. The molecule has 2 aromatic carbocycles. The number of hydrogen-bond donors (Lipinski definition) is 1. The first-order valence-corrected chi connectivity index (χ1v) is 9.99. The highest BCUT2D eigenvalue weighted by atomic mass is 16.3. The van der Waals surface area contributed by atoms with Crippen LogP contribution in [-0.4, -0.2) is 44.0 Å². The van der Waals surface area contributed by atoms with Gasteiger partial charge in [-0.05, 0) is 49.4 Å². The molecule has 1 aliphatic heterocycles. The molecule has 30 heavy (non-hydrogen) atoms. The summed E-state index contributed by atoms with van der Waals surface area (Å²) >= 11 is 0. The molecule has 2 heterocycles. The molecule has 0 aliphatic carbocycles. The summed E-state index contributed by atoms with van der Waals surface area (Å²) in [5, 5.41) is 12.1. The number of likely N-dealkylation sites (N-methyl/N-ethyl adjacent to an activating group) is 1. The zero-order valence-corrected chi connectivity index (χ0v) is 17.2. The van der Waals surface area contributed by atoms with Gasteiger partial charge in [-0.25, -0.2) is 0 Å². The molecule has 3 aromatic rings. The number of aryl methyl sites for hydroxylation is 1. The van der Waals surface area contributed by atoms with Crippen LogP contribution in [0.5, 0.6) is 0 Å². The van der Waals surface area contributed by atoms with Crippen molar-refractivity contribution in [2.24, 2.45) is 0 Å². The van der Waals surface area contributed by atoms with Crippen molar-refractivity contribution >= 4 is 17.3 Å². The highest BCUT2D eigenvalue weighted by molar-refractivity contribution is 6.06. The molecule has 1 N–H and O–H groups in total. The fraction of sp³-hybridized carbons (Fsp3) is 0.250. The summed E-state index contributed by atoms with van der Waals surface area (Å²) in [6.07, 6.45) is 1.35. The number of nitriles is 1. The van der Waals surface area contributed by atoms with Crippen molar-refractivity contribution in [3.05, 3.63) is 71.7 Å². The molecule has 6 heteroatoms. The summed E-state index contributed by atoms with van der Waals surface area (Å²) in [7, 11) is 2.14. The molecular formula is C24H24N4O2. The number of nitrogens with one attached hydrogen (secondary N) is 1. The molecule has 1 aliphatic rings. The van der Waals surface area contributed by atoms with Crippen LogP contribution in [0, 0.1) is 18.3 Å². The summed E-state index contributed by atoms with van der Waals surface area (Å²) in [6, 6.07) is 17.7. The lowest BCUT2D eigenvalue weighted by Crippen LogP contribution is -2.44. The first kappa shape index (κ1) is 19.7. The number of hydrogen-bond acceptors (Lipinski definition) is 5. The normalized spacial score (nSPS) is 14.4. The van der Waals surface area contributed by atoms with Crippen LogP contribution in [0.15, 0.2) is 59.2 Å². The Labute approximate surface area is 176 Å². The molecule has 4 rings (SSSR count). The molecule has 0 bridgehead atoms. The van der Waals surface area contributed by atoms with E-state index in [1.54, 1.807) is 0 Å². The van der Waals surface area contributed by atoms with Crippen LogP contribution < -0.4 is 10.2 Å². The lowest BCUT2D eigenvalue weighted by molar-refractivity contribution is 0.0996. The average Bonchev–Trinajstić information content (AvgIpc) is 3.24. The number of piperazine rings is 1. The number of nitrogens with zero attached hydrogens (tertiary/aromatic N) is 3. The van der Waals surface area contributed by atoms with E-state index in [1.165, 1.54) is 12.3 Å². The maximum Gasteiger partial charge on any atom is 0.292 e. The van der Waals surface area contributed by atoms with Gasteiger partial charge in [0.2, 0.25) is 5.76 Å². The Morgan fingerprint density at radius 2 is 1.83 bits per heavy atom. The molecule has 1 saturated heterocycles. The molecular weight excluding hydrogens is 376 g/mol. The Balaban J connectivity index is 1.72. The third-order valence-electron chi connectivity index (χ3n) is 5.55. The first-order valence-electron chi connectivity index (χ1n) is 9.99. The van der Waals surface area contributed by atoms with Crippen LogP contribution in [0.1, 0.15) is 21.7 Å². The summed E-state index contributed by atoms with van der Waals surface area (Å²) in [5.74, 6) is -0.407. The Hall–Kier alpha value is -3.56. The molecule has 6 nitrogen and oxygen atoms in total. The fourth-order valence-electron chi connectivity index (χ4n) is 3.75. The summed E-state index contributed by atoms with van der Waals surface area (Å²) in [6.45, 7) is 6.03. The van der Waals surface area contributed by atoms with Gasteiger partial charge in [-0.2, -0.15) is 5.26 Å². The minimum atomic E-state index is -0.432. The highest BCUT2D eigenvalue weighted by Crippen LogP contribution is 2.35. The maximum absolute atomic E-state index is 12.8. The second-order valence-electron chi connectivity index (χ2n) is 7.56. The molecule has 0 saturated carbocycles. The SMILES string of the molecule is Cc1ccccc1-c1cc(N2CCN(C)CC2)ccc1NC(=O)c1occc1C#N. The molecule has 1 aromatic heterocycles. The topological polar surface area (TPSA) is 72.5 Å². The fourth-order valence-corrected chi connectivity index (χ4v) is 3.75. The number of furan rings is 1. The number of amides is 1. The largest absolute Gasteiger partial charge is 0.458 e. The van der Waals surface area contributed by atoms with E-state index in [1.807, 2.05) is 30.3 Å². The number of carbonyl (C=O) groups excluding carboxylic acids is 1. The summed E-state index contributed by atoms with van der Waals surface area (Å²) in [5.41, 5.74) is 5.17. The zero-order valence-electron chi connectivity index (χ0n) is 17.2. The highest BCUT2D eigenvalue weighted by Gasteiger charge is 2.20. The molecule has 1 amide bonds. The smallest absolute Gasteiger partial charge is 0.292 e. The van der Waals surface area contributed by atoms with E-state index in [-0.39, 0.29) is 11.3 Å². The maximum atomic E-state index is 12.8. The number of carbonyl (C=O) groups is 1. The van der Waals surface area contributed by atoms with Gasteiger partial charge < -0.3 is 19.5 Å². The minimum Gasteiger partial charge on any atom is -0.458 e. The van der Waals surface area contributed by atoms with E-state index in [2.05, 4.69) is 47.3 Å². The predicted octanol–water partition coefficient (Wildman–Crippen LogP) is 4.13. The molecule has 1 fully saturated rings. The van der Waals surface area contributed by atoms with Crippen molar-refractivity contribution in [1.82, 2.24) is 4.90 Å². The second-order valence-corrected chi connectivity index (χ2v) is 7.56. The first-order chi connectivity index (χ1) is 14.6. The van der Waals surface area contributed by atoms with Gasteiger partial charge in [-0.3, -0.25) is 4.79 Å². The van der Waals surface area contributed by atoms with Gasteiger partial charge in [-0.15, -0.1) is 0 Å². The number of anilines is 2. The Morgan fingerprint density at radius 1 is 1.07 bits per heavy atom. The third-order valence-corrected chi connectivity index (χ3v) is 5.55. The van der Waals surface area contributed by atoms with Gasteiger partial charge in [0.05, 0.1) is 6.26 Å². The Kier molecular flexibility index (Phi) is 5.55. The average molecular weight is 400 g/mol. The summed E-state index contributed by atoms with van der Waals surface area (Å²) in [4.78, 5) is 17.5. The van der Waals surface area contributed by atoms with E-state index in [9.17, 15) is 10.1 Å². The lowest BCUT2D eigenvalue weighted by atomic mass is 9.98. The van der Waals surface area contributed by atoms with Crippen molar-refractivity contribution in [2.45, 2.75) is 6.92 Å². The van der Waals surface area contributed by atoms with E-state index in [0.29, 0.717) is 5.69 Å². The minimum absolute atomic E-state index is 0.0244. The van der Waals surface area contributed by atoms with E-state index in [0.717, 1.165) is 48.6 Å². The Morgan fingerprint density at radius 3 is 2.57 bits per heavy atom. The van der Waals surface area contributed by atoms with Gasteiger partial charge >= 0.3 is 0 Å². The van der Waals surface area contributed by atoms with E-state index in [4.69, 9.17) is 4.42 Å². The van der Waals surface area contributed by atoms with Crippen LogP contribution in [-0.2, 0) is 0 Å². The van der Waals surface area contributed by atoms with E-state index >= 15 is 0 Å². The van der Waals surface area contributed by atoms with Gasteiger partial charge in [0.1, 0.15) is 11.6 Å². The number of rotatable bonds is 4. The monoisotopic (exact) mass is 400 g/mol. The second kappa shape index (κ2) is 8.44. The molecule has 0 atom stereocenters. The molecule has 0 radical (unpaired) electrons. The van der Waals surface area contributed by atoms with Gasteiger partial charge in [0.25, 0.3) is 5.91 Å². The van der Waals surface area contributed by atoms with Crippen molar-refractivity contribution in [1.29, 1.82) is 5.26 Å². The standard InChI is InChI=1S/C24H24N4O2/c1-17-5-3-4-6-20(17)21-15-19(28-12-10-27(2)11-13-28)7-8-22(21)26-24(29)23-18(16-25)9-14-30-23/h3-9,14-15H,10-13H2,1-2H3,(H,26,29). The number of benzene rings is 2. The van der Waals surface area contributed by atoms with Crippen molar-refractivity contribution in [2.75, 3.05) is 43.4 Å². The van der Waals surface area contributed by atoms with Crippen molar-refractivity contribution in [3.63, 3.8) is 0 Å². The van der Waals surface area contributed by atoms with Crippen LogP contribution in [0.25, 0.3) is 11.1 Å². The third kappa shape index (κ3) is 3.93. The Bertz CT molecular complexity index is 1100. The van der Waals surface area contributed by atoms with Crippen molar-refractivity contribution in [3.8, 4) is 17.2 Å².